The lowest BCUT2D eigenvalue weighted by atomic mass is 10.1. The Morgan fingerprint density at radius 2 is 0.778 bits per heavy atom. The molecule has 6 heterocycles. The highest BCUT2D eigenvalue weighted by molar-refractivity contribution is 5.86. The fourth-order valence-corrected chi connectivity index (χ4v) is 13.3. The molecule has 0 bridgehead atoms. The van der Waals surface area contributed by atoms with Crippen LogP contribution in [-0.4, -0.2) is 282 Å². The van der Waals surface area contributed by atoms with Gasteiger partial charge in [-0.3, -0.25) is 24.4 Å². The van der Waals surface area contributed by atoms with Gasteiger partial charge in [-0.1, -0.05) is 0 Å². The van der Waals surface area contributed by atoms with Crippen molar-refractivity contribution in [3.63, 3.8) is 0 Å². The van der Waals surface area contributed by atoms with Crippen LogP contribution in [0.4, 0.5) is 36.7 Å². The molecule has 11 rings (SSSR count). The number of fused-ring (bicyclic) bond motifs is 1. The molecule has 6 saturated heterocycles. The number of nitrogens with one attached hydrogen (secondary N) is 2. The summed E-state index contributed by atoms with van der Waals surface area (Å²) in [6.45, 7) is 36.7. The molecular weight excluding hydrogens is 1170 g/mol. The molecule has 5 aliphatic carbocycles. The van der Waals surface area contributed by atoms with E-state index in [2.05, 4.69) is 20.4 Å². The van der Waals surface area contributed by atoms with Crippen LogP contribution in [0.25, 0.3) is 0 Å². The van der Waals surface area contributed by atoms with Gasteiger partial charge in [0.05, 0.1) is 36.4 Å². The van der Waals surface area contributed by atoms with Gasteiger partial charge in [-0.15, -0.1) is 0 Å². The maximum atomic E-state index is 13.7. The average Bonchev–Trinajstić information content (AvgIpc) is 1.94. The van der Waals surface area contributed by atoms with Gasteiger partial charge < -0.3 is 59.0 Å². The zero-order valence-electron chi connectivity index (χ0n) is 56.9. The molecule has 0 radical (unpaired) electrons. The Kier molecular flexibility index (Phi) is 28.0. The first kappa shape index (κ1) is 75.2. The third-order valence-corrected chi connectivity index (χ3v) is 17.9. The minimum absolute atomic E-state index is 0.00997. The first-order valence-corrected chi connectivity index (χ1v) is 34.0. The van der Waals surface area contributed by atoms with Gasteiger partial charge in [0.15, 0.2) is 0 Å². The van der Waals surface area contributed by atoms with Crippen molar-refractivity contribution in [2.45, 2.75) is 256 Å². The lowest BCUT2D eigenvalue weighted by Gasteiger charge is -2.39. The molecule has 7 atom stereocenters. The number of carbonyl (C=O) groups excluding carboxylic acids is 5. The molecule has 5 saturated carbocycles. The van der Waals surface area contributed by atoms with Gasteiger partial charge in [0, 0.05) is 156 Å². The van der Waals surface area contributed by atoms with Crippen molar-refractivity contribution in [2.24, 2.45) is 0 Å². The number of hydrogen-bond acceptors (Lipinski definition) is 17. The van der Waals surface area contributed by atoms with Crippen LogP contribution in [0.15, 0.2) is 0 Å². The first-order chi connectivity index (χ1) is 42.1. The number of carbonyl (C=O) groups is 5. The Morgan fingerprint density at radius 3 is 1.08 bits per heavy atom. The highest BCUT2D eigenvalue weighted by atomic mass is 19.3. The van der Waals surface area contributed by atoms with E-state index in [4.69, 9.17) is 23.7 Å². The molecule has 0 spiro atoms. The van der Waals surface area contributed by atoms with Crippen molar-refractivity contribution in [2.75, 3.05) is 131 Å². The number of amides is 4. The summed E-state index contributed by atoms with van der Waals surface area (Å²) >= 11 is 0. The summed E-state index contributed by atoms with van der Waals surface area (Å²) in [7, 11) is 0. The molecule has 0 aromatic carbocycles. The number of halogens is 4. The van der Waals surface area contributed by atoms with Gasteiger partial charge in [-0.2, -0.15) is 0 Å². The molecule has 520 valence electrons. The third kappa shape index (κ3) is 25.1. The van der Waals surface area contributed by atoms with Crippen LogP contribution < -0.4 is 10.6 Å². The van der Waals surface area contributed by atoms with Crippen LogP contribution in [0.2, 0.25) is 0 Å². The fraction of sp³-hybridized carbons (Fsp3) is 0.923. The number of ether oxygens (including phenoxy) is 5. The number of nitrogens with zero attached hydrogens (tertiary/aromatic N) is 8. The van der Waals surface area contributed by atoms with Gasteiger partial charge in [0.2, 0.25) is 0 Å². The standard InChI is InChI=1S/C14H24F2N2O2.C14H26N2O3.C14H24N2O3.C9H16F2N2.C9H18N2O2.C5H8O/c1-13(2,3)20-12(19)18-9-7-17(8-10-18)11-5-4-6-14(11,15)16;2*1-14(2,3)19-13(18)16-9-7-15(8-10-16)11-5-4-6-12(11)17;10-9(11)3-1-2-8(9)13-6-4-12-5-7-13;1-9(2,3)13-8(12)11-6-4-10-5-7-11;1-2-4-5(3-1)6-4/h11H,4-10H2,1-3H3;11-12,17H,4-10H2,1-3H3;11H,4-10H2,1-3H3;8,12H,1-7H2;10H,4-7H2,1-3H3;4-5H,1-3H2. The summed E-state index contributed by atoms with van der Waals surface area (Å²) in [5.41, 5.74) is -1.79. The molecular formula is C65H116F4N10O11. The minimum atomic E-state index is -2.58. The normalized spacial score (nSPS) is 29.0. The lowest BCUT2D eigenvalue weighted by Crippen LogP contribution is -2.55. The minimum Gasteiger partial charge on any atom is -0.444 e. The van der Waals surface area contributed by atoms with Gasteiger partial charge in [0.25, 0.3) is 11.8 Å². The lowest BCUT2D eigenvalue weighted by molar-refractivity contribution is -0.122. The molecule has 4 amide bonds. The van der Waals surface area contributed by atoms with E-state index in [0.29, 0.717) is 102 Å². The first-order valence-electron chi connectivity index (χ1n) is 34.0. The summed E-state index contributed by atoms with van der Waals surface area (Å²) < 4.78 is 80.5. The molecule has 0 aromatic heterocycles. The van der Waals surface area contributed by atoms with Crippen molar-refractivity contribution in [3.05, 3.63) is 0 Å². The van der Waals surface area contributed by atoms with Gasteiger partial charge in [0.1, 0.15) is 28.2 Å². The summed E-state index contributed by atoms with van der Waals surface area (Å²) in [5, 5.41) is 16.3. The maximum Gasteiger partial charge on any atom is 0.410 e. The van der Waals surface area contributed by atoms with Gasteiger partial charge in [-0.05, 0) is 160 Å². The van der Waals surface area contributed by atoms with E-state index in [1.165, 1.54) is 19.3 Å². The summed E-state index contributed by atoms with van der Waals surface area (Å²) in [5.74, 6) is -4.64. The summed E-state index contributed by atoms with van der Waals surface area (Å²) in [4.78, 5) is 74.2. The SMILES string of the molecule is C1CC2OC2C1.CC(C)(C)OC(=O)N1CCN(C2CCCC2(F)F)CC1.CC(C)(C)OC(=O)N1CCN(C2CCCC2=O)CC1.CC(C)(C)OC(=O)N1CCN(C2CCCC2O)CC1.CC(C)(C)OC(=O)N1CCNCC1.FC1(F)CCCC1N1CCNCC1. The van der Waals surface area contributed by atoms with E-state index in [-0.39, 0.29) is 55.0 Å². The Hall–Kier alpha value is -3.85. The highest BCUT2D eigenvalue weighted by Gasteiger charge is 2.49. The predicted molar refractivity (Wildman–Crippen MR) is 337 cm³/mol. The van der Waals surface area contributed by atoms with E-state index in [9.17, 15) is 46.6 Å². The molecule has 25 heteroatoms. The van der Waals surface area contributed by atoms with Crippen LogP contribution in [0.3, 0.4) is 0 Å². The number of Topliss-reactive ketones (excluding diaryl/α,β-unsaturated/α-hetero) is 1. The second-order valence-corrected chi connectivity index (χ2v) is 29.9. The number of ketones is 1. The van der Waals surface area contributed by atoms with Crippen LogP contribution in [0, 0.1) is 0 Å². The van der Waals surface area contributed by atoms with Crippen molar-refractivity contribution < 1.29 is 70.3 Å². The number of rotatable bonds is 4. The van der Waals surface area contributed by atoms with Crippen LogP contribution in [-0.2, 0) is 28.5 Å². The zero-order chi connectivity index (χ0) is 66.2. The molecule has 11 fully saturated rings. The monoisotopic (exact) mass is 1290 g/mol. The number of epoxide rings is 1. The van der Waals surface area contributed by atoms with Crippen molar-refractivity contribution in [3.8, 4) is 0 Å². The highest BCUT2D eigenvalue weighted by Crippen LogP contribution is 2.40. The molecule has 21 nitrogen and oxygen atoms in total. The zero-order valence-corrected chi connectivity index (χ0v) is 56.9. The van der Waals surface area contributed by atoms with E-state index in [1.54, 1.807) is 19.6 Å². The molecule has 6 aliphatic heterocycles. The molecule has 90 heavy (non-hydrogen) atoms. The second-order valence-electron chi connectivity index (χ2n) is 29.9. The number of aliphatic hydroxyl groups is 1. The number of alkyl halides is 4. The van der Waals surface area contributed by atoms with Gasteiger partial charge >= 0.3 is 24.4 Å². The Labute approximate surface area is 535 Å². The van der Waals surface area contributed by atoms with Crippen LogP contribution >= 0.6 is 0 Å². The van der Waals surface area contributed by atoms with Crippen molar-refractivity contribution >= 4 is 30.2 Å². The number of aliphatic hydroxyl groups excluding tert-OH is 1. The van der Waals surface area contributed by atoms with E-state index in [0.717, 1.165) is 117 Å². The fourth-order valence-electron chi connectivity index (χ4n) is 13.3. The Balaban J connectivity index is 0.000000176. The Morgan fingerprint density at radius 1 is 0.433 bits per heavy atom. The summed E-state index contributed by atoms with van der Waals surface area (Å²) in [6, 6.07) is -0.737. The third-order valence-electron chi connectivity index (χ3n) is 17.9. The molecule has 0 aromatic rings. The average molecular weight is 1290 g/mol. The quantitative estimate of drug-likeness (QED) is 0.137. The van der Waals surface area contributed by atoms with Gasteiger partial charge in [-0.25, -0.2) is 36.7 Å². The van der Waals surface area contributed by atoms with Crippen LogP contribution in [0.1, 0.15) is 179 Å². The van der Waals surface area contributed by atoms with Crippen molar-refractivity contribution in [1.82, 2.24) is 49.8 Å². The topological polar surface area (TPSA) is 205 Å². The van der Waals surface area contributed by atoms with E-state index in [1.807, 2.05) is 92.9 Å². The molecule has 7 unspecified atom stereocenters. The number of hydrogen-bond donors (Lipinski definition) is 3. The smallest absolute Gasteiger partial charge is 0.410 e. The Bertz CT molecular complexity index is 2220. The van der Waals surface area contributed by atoms with E-state index >= 15 is 0 Å². The largest absolute Gasteiger partial charge is 0.444 e. The molecule has 11 aliphatic rings. The van der Waals surface area contributed by atoms with E-state index < -0.39 is 40.7 Å². The second kappa shape index (κ2) is 33.5. The predicted octanol–water partition coefficient (Wildman–Crippen LogP) is 8.68. The van der Waals surface area contributed by atoms with Crippen LogP contribution in [0.5, 0.6) is 0 Å². The number of piperazine rings is 5. The van der Waals surface area contributed by atoms with Crippen molar-refractivity contribution in [1.29, 1.82) is 0 Å². The molecule has 3 N–H and O–H groups in total. The maximum absolute atomic E-state index is 13.7. The summed E-state index contributed by atoms with van der Waals surface area (Å²) in [6.07, 6.45) is 12.7.